The van der Waals surface area contributed by atoms with Gasteiger partial charge in [0.2, 0.25) is 5.91 Å². The maximum atomic E-state index is 11.8. The van der Waals surface area contributed by atoms with Gasteiger partial charge < -0.3 is 20.6 Å². The lowest BCUT2D eigenvalue weighted by molar-refractivity contribution is -0.118. The Bertz CT molecular complexity index is 419. The maximum Gasteiger partial charge on any atom is 0.242 e. The number of carbonyl (C=O) groups is 1. The Hall–Kier alpha value is -1.66. The summed E-state index contributed by atoms with van der Waals surface area (Å²) in [4.78, 5) is 17.9. The van der Waals surface area contributed by atoms with Crippen molar-refractivity contribution in [3.05, 3.63) is 18.3 Å². The Balaban J connectivity index is 1.95. The molecule has 2 unspecified atom stereocenters. The highest BCUT2D eigenvalue weighted by atomic mass is 16.3. The van der Waals surface area contributed by atoms with E-state index in [0.717, 1.165) is 5.69 Å². The molecule has 6 heteroatoms. The van der Waals surface area contributed by atoms with Gasteiger partial charge >= 0.3 is 0 Å². The zero-order chi connectivity index (χ0) is 13.1. The first-order chi connectivity index (χ1) is 8.56. The minimum absolute atomic E-state index is 0.156. The summed E-state index contributed by atoms with van der Waals surface area (Å²) in [7, 11) is 3.86. The van der Waals surface area contributed by atoms with Gasteiger partial charge in [0.25, 0.3) is 0 Å². The van der Waals surface area contributed by atoms with Crippen molar-refractivity contribution in [1.82, 2.24) is 10.3 Å². The van der Waals surface area contributed by atoms with Gasteiger partial charge in [-0.05, 0) is 18.6 Å². The molecule has 1 aromatic heterocycles. The lowest BCUT2D eigenvalue weighted by atomic mass is 10.2. The van der Waals surface area contributed by atoms with Crippen LogP contribution in [0.3, 0.4) is 0 Å². The molecule has 1 aromatic rings. The molecule has 0 spiro atoms. The summed E-state index contributed by atoms with van der Waals surface area (Å²) in [6, 6.07) is 3.31. The number of rotatable bonds is 3. The molecule has 2 rings (SSSR count). The van der Waals surface area contributed by atoms with Gasteiger partial charge in [0.05, 0.1) is 24.0 Å². The van der Waals surface area contributed by atoms with Crippen molar-refractivity contribution < 1.29 is 9.90 Å². The van der Waals surface area contributed by atoms with E-state index in [1.54, 1.807) is 12.3 Å². The first-order valence-corrected chi connectivity index (χ1v) is 5.92. The van der Waals surface area contributed by atoms with E-state index in [1.807, 2.05) is 25.1 Å². The number of aromatic nitrogens is 1. The fraction of sp³-hybridized carbons (Fsp3) is 0.500. The number of amides is 1. The van der Waals surface area contributed by atoms with E-state index in [9.17, 15) is 9.90 Å². The van der Waals surface area contributed by atoms with Gasteiger partial charge in [-0.25, -0.2) is 4.98 Å². The maximum absolute atomic E-state index is 11.8. The van der Waals surface area contributed by atoms with E-state index in [0.29, 0.717) is 18.8 Å². The van der Waals surface area contributed by atoms with Crippen molar-refractivity contribution in [3.8, 4) is 0 Å². The van der Waals surface area contributed by atoms with Crippen LogP contribution in [0.1, 0.15) is 6.42 Å². The lowest BCUT2D eigenvalue weighted by Crippen LogP contribution is -2.35. The van der Waals surface area contributed by atoms with Gasteiger partial charge in [0.1, 0.15) is 5.82 Å². The highest BCUT2D eigenvalue weighted by molar-refractivity contribution is 5.94. The average molecular weight is 250 g/mol. The summed E-state index contributed by atoms with van der Waals surface area (Å²) in [6.07, 6.45) is 1.71. The van der Waals surface area contributed by atoms with Crippen molar-refractivity contribution >= 4 is 17.4 Å². The molecule has 1 fully saturated rings. The zero-order valence-corrected chi connectivity index (χ0v) is 10.6. The molecule has 1 saturated heterocycles. The summed E-state index contributed by atoms with van der Waals surface area (Å²) in [5.74, 6) is 0.366. The van der Waals surface area contributed by atoms with E-state index < -0.39 is 6.10 Å². The normalized spacial score (nSPS) is 22.8. The molecule has 0 aromatic carbocycles. The van der Waals surface area contributed by atoms with Crippen molar-refractivity contribution in [2.45, 2.75) is 18.6 Å². The van der Waals surface area contributed by atoms with Crippen LogP contribution in [0.15, 0.2) is 18.3 Å². The predicted molar refractivity (Wildman–Crippen MR) is 69.6 cm³/mol. The quantitative estimate of drug-likeness (QED) is 0.693. The monoisotopic (exact) mass is 250 g/mol. The molecular formula is C12H18N4O2. The number of carbonyl (C=O) groups excluding carboxylic acids is 1. The van der Waals surface area contributed by atoms with Crippen LogP contribution in [0.25, 0.3) is 0 Å². The van der Waals surface area contributed by atoms with Crippen LogP contribution in [0.4, 0.5) is 11.5 Å². The van der Waals surface area contributed by atoms with Crippen LogP contribution < -0.4 is 15.5 Å². The molecule has 0 radical (unpaired) electrons. The van der Waals surface area contributed by atoms with Gasteiger partial charge in [-0.1, -0.05) is 0 Å². The van der Waals surface area contributed by atoms with E-state index in [4.69, 9.17) is 0 Å². The minimum Gasteiger partial charge on any atom is -0.392 e. The fourth-order valence-corrected chi connectivity index (χ4v) is 1.85. The summed E-state index contributed by atoms with van der Waals surface area (Å²) in [6.45, 7) is 0.463. The molecule has 1 aliphatic heterocycles. The number of nitrogens with one attached hydrogen (secondary N) is 2. The first-order valence-electron chi connectivity index (χ1n) is 5.92. The summed E-state index contributed by atoms with van der Waals surface area (Å²) >= 11 is 0. The molecule has 0 aliphatic carbocycles. The van der Waals surface area contributed by atoms with Crippen LogP contribution >= 0.6 is 0 Å². The highest BCUT2D eigenvalue weighted by Gasteiger charge is 2.28. The summed E-state index contributed by atoms with van der Waals surface area (Å²) in [5.41, 5.74) is 0.974. The Morgan fingerprint density at radius 1 is 1.56 bits per heavy atom. The molecular weight excluding hydrogens is 232 g/mol. The molecule has 0 bridgehead atoms. The average Bonchev–Trinajstić information content (AvgIpc) is 2.76. The van der Waals surface area contributed by atoms with E-state index in [-0.39, 0.29) is 11.9 Å². The molecule has 1 aliphatic rings. The van der Waals surface area contributed by atoms with E-state index >= 15 is 0 Å². The van der Waals surface area contributed by atoms with Gasteiger partial charge in [-0.2, -0.15) is 0 Å². The number of aliphatic hydroxyl groups excluding tert-OH is 1. The van der Waals surface area contributed by atoms with E-state index in [2.05, 4.69) is 15.6 Å². The smallest absolute Gasteiger partial charge is 0.242 e. The van der Waals surface area contributed by atoms with Gasteiger partial charge in [0, 0.05) is 20.6 Å². The molecule has 2 atom stereocenters. The van der Waals surface area contributed by atoms with Crippen molar-refractivity contribution in [2.24, 2.45) is 0 Å². The van der Waals surface area contributed by atoms with Crippen LogP contribution in [0, 0.1) is 0 Å². The van der Waals surface area contributed by atoms with Gasteiger partial charge in [0.15, 0.2) is 0 Å². The number of anilines is 2. The lowest BCUT2D eigenvalue weighted by Gasteiger charge is -2.13. The number of nitrogens with zero attached hydrogens (tertiary/aromatic N) is 2. The largest absolute Gasteiger partial charge is 0.392 e. The minimum atomic E-state index is -0.440. The molecule has 18 heavy (non-hydrogen) atoms. The van der Waals surface area contributed by atoms with E-state index in [1.165, 1.54) is 0 Å². The molecule has 1 amide bonds. The first kappa shape index (κ1) is 12.8. The molecule has 6 nitrogen and oxygen atoms in total. The Morgan fingerprint density at radius 2 is 2.33 bits per heavy atom. The highest BCUT2D eigenvalue weighted by Crippen LogP contribution is 2.13. The van der Waals surface area contributed by atoms with Crippen molar-refractivity contribution in [2.75, 3.05) is 30.9 Å². The fourth-order valence-electron chi connectivity index (χ4n) is 1.85. The number of aliphatic hydroxyl groups is 1. The summed E-state index contributed by atoms with van der Waals surface area (Å²) in [5, 5.41) is 15.0. The molecule has 3 N–H and O–H groups in total. The molecule has 0 saturated carbocycles. The second-order valence-corrected chi connectivity index (χ2v) is 4.64. The topological polar surface area (TPSA) is 77.5 Å². The third-order valence-corrected chi connectivity index (χ3v) is 2.94. The Labute approximate surface area is 106 Å². The van der Waals surface area contributed by atoms with Crippen LogP contribution in [-0.2, 0) is 4.79 Å². The van der Waals surface area contributed by atoms with Crippen molar-refractivity contribution in [3.63, 3.8) is 0 Å². The van der Waals surface area contributed by atoms with Gasteiger partial charge in [-0.15, -0.1) is 0 Å². The Morgan fingerprint density at radius 3 is 2.83 bits per heavy atom. The number of hydrogen-bond acceptors (Lipinski definition) is 5. The summed E-state index contributed by atoms with van der Waals surface area (Å²) < 4.78 is 0. The Kier molecular flexibility index (Phi) is 3.78. The third kappa shape index (κ3) is 2.96. The zero-order valence-electron chi connectivity index (χ0n) is 10.6. The number of pyridine rings is 1. The predicted octanol–water partition coefficient (Wildman–Crippen LogP) is -0.191. The van der Waals surface area contributed by atoms with Crippen molar-refractivity contribution in [1.29, 1.82) is 0 Å². The molecule has 98 valence electrons. The van der Waals surface area contributed by atoms with Gasteiger partial charge in [-0.3, -0.25) is 4.79 Å². The molecule has 2 heterocycles. The second-order valence-electron chi connectivity index (χ2n) is 4.64. The second kappa shape index (κ2) is 5.32. The number of β-amino-alcohol motifs (C(OH)–C–C–N with tert-alkyl or cyclic N) is 1. The van der Waals surface area contributed by atoms with Crippen LogP contribution in [0.2, 0.25) is 0 Å². The van der Waals surface area contributed by atoms with Crippen LogP contribution in [0.5, 0.6) is 0 Å². The van der Waals surface area contributed by atoms with Crippen LogP contribution in [-0.4, -0.2) is 48.8 Å². The SMILES string of the molecule is CN(C)c1ccc(NC(=O)C2CC(O)CN2)nc1. The standard InChI is InChI=1S/C12H18N4O2/c1-16(2)8-3-4-11(14-6-8)15-12(18)10-5-9(17)7-13-10/h3-4,6,9-10,13,17H,5,7H2,1-2H3,(H,14,15,18). The number of hydrogen-bond donors (Lipinski definition) is 3. The third-order valence-electron chi connectivity index (χ3n) is 2.94.